The van der Waals surface area contributed by atoms with Gasteiger partial charge in [0.1, 0.15) is 28.8 Å². The molecule has 11 heteroatoms. The van der Waals surface area contributed by atoms with Crippen LogP contribution in [0.1, 0.15) is 0 Å². The summed E-state index contributed by atoms with van der Waals surface area (Å²) < 4.78 is 10.8. The molecule has 212 valence electrons. The second-order valence-corrected chi connectivity index (χ2v) is 9.58. The minimum Gasteiger partial charge on any atom is -0.497 e. The molecule has 2 aliphatic heterocycles. The maximum absolute atomic E-state index is 13.5. The monoisotopic (exact) mass is 555 g/mol. The number of benzene rings is 2. The van der Waals surface area contributed by atoms with Gasteiger partial charge in [-0.15, -0.1) is 0 Å². The number of rotatable bonds is 8. The minimum atomic E-state index is -0.120. The second kappa shape index (κ2) is 12.4. The van der Waals surface area contributed by atoms with Gasteiger partial charge in [0.15, 0.2) is 5.82 Å². The zero-order valence-corrected chi connectivity index (χ0v) is 23.2. The first kappa shape index (κ1) is 27.5. The number of nitrogens with one attached hydrogen (secondary N) is 2. The lowest BCUT2D eigenvalue weighted by molar-refractivity contribution is -0.136. The average molecular weight is 556 g/mol. The zero-order chi connectivity index (χ0) is 28.8. The molecule has 3 aromatic rings. The number of nitrogens with zero attached hydrogens (tertiary/aromatic N) is 5. The van der Waals surface area contributed by atoms with Gasteiger partial charge in [-0.05, 0) is 30.3 Å². The molecule has 0 atom stereocenters. The SMILES string of the molecule is C=CC(=O)N1CCN(C(=O)CN2CC(Nc3cc(OC)cc(OC)c3)=Nc3ccc(Nc4ccccc4)nc32)CC1. The summed E-state index contributed by atoms with van der Waals surface area (Å²) in [5, 5.41) is 6.68. The van der Waals surface area contributed by atoms with Crippen LogP contribution < -0.4 is 25.0 Å². The molecule has 0 aliphatic carbocycles. The van der Waals surface area contributed by atoms with Gasteiger partial charge in [0.2, 0.25) is 11.8 Å². The Bertz CT molecular complexity index is 1430. The Morgan fingerprint density at radius 1 is 0.902 bits per heavy atom. The van der Waals surface area contributed by atoms with Crippen molar-refractivity contribution < 1.29 is 19.1 Å². The third kappa shape index (κ3) is 6.57. The number of piperazine rings is 1. The molecule has 1 aromatic heterocycles. The van der Waals surface area contributed by atoms with Gasteiger partial charge in [0.05, 0.1) is 27.3 Å². The summed E-state index contributed by atoms with van der Waals surface area (Å²) in [7, 11) is 3.19. The van der Waals surface area contributed by atoms with E-state index in [0.717, 1.165) is 11.4 Å². The van der Waals surface area contributed by atoms with Crippen LogP contribution in [-0.4, -0.2) is 85.9 Å². The largest absolute Gasteiger partial charge is 0.497 e. The summed E-state index contributed by atoms with van der Waals surface area (Å²) in [6, 6.07) is 19.0. The van der Waals surface area contributed by atoms with E-state index in [0.29, 0.717) is 67.4 Å². The van der Waals surface area contributed by atoms with Crippen LogP contribution in [0, 0.1) is 0 Å². The van der Waals surface area contributed by atoms with Gasteiger partial charge in [-0.1, -0.05) is 24.8 Å². The summed E-state index contributed by atoms with van der Waals surface area (Å²) in [6.07, 6.45) is 1.31. The van der Waals surface area contributed by atoms with Crippen LogP contribution in [0.5, 0.6) is 11.5 Å². The quantitative estimate of drug-likeness (QED) is 0.405. The molecule has 0 spiro atoms. The number of hydrogen-bond donors (Lipinski definition) is 2. The summed E-state index contributed by atoms with van der Waals surface area (Å²) in [6.45, 7) is 5.86. The molecule has 2 amide bonds. The predicted molar refractivity (Wildman–Crippen MR) is 160 cm³/mol. The van der Waals surface area contributed by atoms with E-state index < -0.39 is 0 Å². The fourth-order valence-electron chi connectivity index (χ4n) is 4.75. The van der Waals surface area contributed by atoms with Gasteiger partial charge in [0.25, 0.3) is 0 Å². The number of aromatic nitrogens is 1. The number of amides is 2. The van der Waals surface area contributed by atoms with E-state index >= 15 is 0 Å². The van der Waals surface area contributed by atoms with Crippen molar-refractivity contribution in [2.45, 2.75) is 0 Å². The van der Waals surface area contributed by atoms with Gasteiger partial charge in [0, 0.05) is 55.8 Å². The van der Waals surface area contributed by atoms with E-state index in [9.17, 15) is 9.59 Å². The summed E-state index contributed by atoms with van der Waals surface area (Å²) in [5.74, 6) is 3.01. The summed E-state index contributed by atoms with van der Waals surface area (Å²) in [4.78, 5) is 40.5. The van der Waals surface area contributed by atoms with Crippen molar-refractivity contribution in [2.75, 3.05) is 69.0 Å². The summed E-state index contributed by atoms with van der Waals surface area (Å²) >= 11 is 0. The number of hydrogen-bond acceptors (Lipinski definition) is 9. The molecular weight excluding hydrogens is 522 g/mol. The number of pyridine rings is 1. The fourth-order valence-corrected chi connectivity index (χ4v) is 4.75. The number of fused-ring (bicyclic) bond motifs is 1. The van der Waals surface area contributed by atoms with Gasteiger partial charge >= 0.3 is 0 Å². The Morgan fingerprint density at radius 2 is 1.59 bits per heavy atom. The topological polar surface area (TPSA) is 112 Å². The van der Waals surface area contributed by atoms with Crippen LogP contribution in [0.25, 0.3) is 0 Å². The average Bonchev–Trinajstić information content (AvgIpc) is 3.01. The number of para-hydroxylation sites is 1. The summed E-state index contributed by atoms with van der Waals surface area (Å²) in [5.41, 5.74) is 2.29. The number of aliphatic imine (C=N–C) groups is 1. The Morgan fingerprint density at radius 3 is 2.24 bits per heavy atom. The van der Waals surface area contributed by atoms with E-state index in [1.807, 2.05) is 59.5 Å². The molecule has 3 heterocycles. The Hall–Kier alpha value is -5.06. The van der Waals surface area contributed by atoms with E-state index in [1.165, 1.54) is 6.08 Å². The van der Waals surface area contributed by atoms with Crippen LogP contribution >= 0.6 is 0 Å². The number of anilines is 4. The lowest BCUT2D eigenvalue weighted by Gasteiger charge is -2.36. The molecule has 41 heavy (non-hydrogen) atoms. The van der Waals surface area contributed by atoms with E-state index in [-0.39, 0.29) is 18.4 Å². The lowest BCUT2D eigenvalue weighted by atomic mass is 10.2. The molecule has 11 nitrogen and oxygen atoms in total. The standard InChI is InChI=1S/C30H33N7O4/c1-4-28(38)35-12-14-36(15-13-35)29(39)20-37-19-27(32-22-16-23(40-2)18-24(17-22)41-3)33-25-10-11-26(34-30(25)37)31-21-8-6-5-7-9-21/h4-11,16-18H,1,12-15,19-20H2,2-3H3,(H,31,34)(H,32,33). The van der Waals surface area contributed by atoms with Crippen molar-refractivity contribution in [1.29, 1.82) is 0 Å². The van der Waals surface area contributed by atoms with Crippen molar-refractivity contribution in [3.63, 3.8) is 0 Å². The number of carbonyl (C=O) groups excluding carboxylic acids is 2. The Kier molecular flexibility index (Phi) is 8.33. The first-order chi connectivity index (χ1) is 19.9. The molecule has 1 fully saturated rings. The smallest absolute Gasteiger partial charge is 0.246 e. The molecule has 1 saturated heterocycles. The lowest BCUT2D eigenvalue weighted by Crippen LogP contribution is -2.53. The van der Waals surface area contributed by atoms with Crippen LogP contribution in [0.4, 0.5) is 28.7 Å². The highest BCUT2D eigenvalue weighted by Crippen LogP contribution is 2.33. The van der Waals surface area contributed by atoms with E-state index in [2.05, 4.69) is 17.2 Å². The molecule has 0 bridgehead atoms. The molecule has 0 radical (unpaired) electrons. The highest BCUT2D eigenvalue weighted by molar-refractivity contribution is 6.04. The molecule has 2 N–H and O–H groups in total. The van der Waals surface area contributed by atoms with Crippen LogP contribution in [-0.2, 0) is 9.59 Å². The molecule has 2 aromatic carbocycles. The number of amidine groups is 1. The van der Waals surface area contributed by atoms with Gasteiger partial charge in [-0.25, -0.2) is 9.98 Å². The normalized spacial score (nSPS) is 14.5. The predicted octanol–water partition coefficient (Wildman–Crippen LogP) is 3.66. The highest BCUT2D eigenvalue weighted by Gasteiger charge is 2.28. The first-order valence-corrected chi connectivity index (χ1v) is 13.3. The maximum Gasteiger partial charge on any atom is 0.246 e. The van der Waals surface area contributed by atoms with E-state index in [1.54, 1.807) is 30.1 Å². The number of ether oxygens (including phenoxy) is 2. The molecule has 0 unspecified atom stereocenters. The van der Waals surface area contributed by atoms with Crippen molar-refractivity contribution >= 4 is 46.3 Å². The third-order valence-electron chi connectivity index (χ3n) is 6.88. The third-order valence-corrected chi connectivity index (χ3v) is 6.88. The molecule has 2 aliphatic rings. The molecular formula is C30H33N7O4. The second-order valence-electron chi connectivity index (χ2n) is 9.58. The van der Waals surface area contributed by atoms with Crippen LogP contribution in [0.15, 0.2) is 78.3 Å². The van der Waals surface area contributed by atoms with Crippen molar-refractivity contribution in [3.8, 4) is 11.5 Å². The highest BCUT2D eigenvalue weighted by atomic mass is 16.5. The number of carbonyl (C=O) groups is 2. The van der Waals surface area contributed by atoms with Gasteiger partial charge < -0.3 is 34.8 Å². The fraction of sp³-hybridized carbons (Fsp3) is 0.267. The molecule has 5 rings (SSSR count). The Balaban J connectivity index is 1.39. The first-order valence-electron chi connectivity index (χ1n) is 13.3. The van der Waals surface area contributed by atoms with Crippen LogP contribution in [0.3, 0.4) is 0 Å². The molecule has 0 saturated carbocycles. The maximum atomic E-state index is 13.5. The van der Waals surface area contributed by atoms with Crippen molar-refractivity contribution in [1.82, 2.24) is 14.8 Å². The van der Waals surface area contributed by atoms with E-state index in [4.69, 9.17) is 19.5 Å². The Labute approximate surface area is 239 Å². The van der Waals surface area contributed by atoms with Crippen LogP contribution in [0.2, 0.25) is 0 Å². The van der Waals surface area contributed by atoms with Gasteiger partial charge in [-0.2, -0.15) is 0 Å². The minimum absolute atomic E-state index is 0.0471. The van der Waals surface area contributed by atoms with Gasteiger partial charge in [-0.3, -0.25) is 9.59 Å². The van der Waals surface area contributed by atoms with Crippen molar-refractivity contribution in [2.24, 2.45) is 4.99 Å². The van der Waals surface area contributed by atoms with Crippen molar-refractivity contribution in [3.05, 3.63) is 73.3 Å². The zero-order valence-electron chi connectivity index (χ0n) is 23.2. The number of methoxy groups -OCH3 is 2.